The van der Waals surface area contributed by atoms with Gasteiger partial charge in [0.1, 0.15) is 35.6 Å². The highest BCUT2D eigenvalue weighted by molar-refractivity contribution is 6.09. The summed E-state index contributed by atoms with van der Waals surface area (Å²) < 4.78 is 38.6. The van der Waals surface area contributed by atoms with E-state index in [0.29, 0.717) is 23.7 Å². The predicted molar refractivity (Wildman–Crippen MR) is 262 cm³/mol. The Kier molecular flexibility index (Phi) is 9.76. The van der Waals surface area contributed by atoms with E-state index in [9.17, 15) is 8.78 Å². The lowest BCUT2D eigenvalue weighted by Gasteiger charge is -2.25. The Labute approximate surface area is 377 Å². The number of hydrogen-bond donors (Lipinski definition) is 0. The van der Waals surface area contributed by atoms with E-state index in [4.69, 9.17) is 9.72 Å². The van der Waals surface area contributed by atoms with Crippen molar-refractivity contribution >= 4 is 44.6 Å². The minimum Gasteiger partial charge on any atom is -0.457 e. The fraction of sp³-hybridized carbons (Fsp3) is 0.0862. The third kappa shape index (κ3) is 7.35. The maximum Gasteiger partial charge on any atom is 0.137 e. The average molecular weight is 851 g/mol. The van der Waals surface area contributed by atoms with Gasteiger partial charge in [-0.15, -0.1) is 0 Å². The summed E-state index contributed by atoms with van der Waals surface area (Å²) in [5, 5.41) is 2.25. The zero-order chi connectivity index (χ0) is 44.2. The lowest BCUT2D eigenvalue weighted by atomic mass is 9.88. The molecule has 0 unspecified atom stereocenters. The monoisotopic (exact) mass is 850 g/mol. The maximum atomic E-state index is 14.7. The van der Waals surface area contributed by atoms with E-state index in [-0.39, 0.29) is 5.41 Å². The van der Waals surface area contributed by atoms with Gasteiger partial charge >= 0.3 is 0 Å². The molecule has 0 spiro atoms. The molecule has 10 aromatic rings. The highest BCUT2D eigenvalue weighted by Crippen LogP contribution is 2.49. The molecule has 316 valence electrons. The minimum absolute atomic E-state index is 0.0520. The van der Waals surface area contributed by atoms with Crippen molar-refractivity contribution < 1.29 is 13.5 Å². The smallest absolute Gasteiger partial charge is 0.137 e. The second-order valence-corrected chi connectivity index (χ2v) is 17.6. The number of aromatic nitrogens is 2. The molecular formula is C58H44F2N4O. The zero-order valence-electron chi connectivity index (χ0n) is 36.2. The Hall–Kier alpha value is -8.03. The van der Waals surface area contributed by atoms with Crippen LogP contribution in [0, 0.1) is 11.6 Å². The van der Waals surface area contributed by atoms with Crippen LogP contribution in [0.1, 0.15) is 26.3 Å². The van der Waals surface area contributed by atoms with Crippen LogP contribution in [0.5, 0.6) is 11.5 Å². The van der Waals surface area contributed by atoms with Gasteiger partial charge in [0.2, 0.25) is 0 Å². The molecule has 1 aliphatic rings. The molecule has 3 heterocycles. The van der Waals surface area contributed by atoms with Crippen LogP contribution >= 0.6 is 0 Å². The van der Waals surface area contributed by atoms with Crippen molar-refractivity contribution in [2.45, 2.75) is 26.2 Å². The minimum atomic E-state index is -0.620. The molecule has 0 saturated carbocycles. The first kappa shape index (κ1) is 39.8. The zero-order valence-corrected chi connectivity index (χ0v) is 36.2. The normalized spacial score (nSPS) is 12.6. The summed E-state index contributed by atoms with van der Waals surface area (Å²) in [7, 11) is 0. The molecule has 2 aromatic heterocycles. The third-order valence-electron chi connectivity index (χ3n) is 12.4. The molecule has 65 heavy (non-hydrogen) atoms. The highest BCUT2D eigenvalue weighted by atomic mass is 19.1. The Bertz CT molecular complexity index is 3410. The van der Waals surface area contributed by atoms with Crippen LogP contribution < -0.4 is 14.5 Å². The standard InChI is InChI=1S/C58H44F2N4O/c1-58(2,3)41-27-28-61-57(33-41)64-53-22-12-10-20-50(53)51-26-25-45(36-56(51)64)65-46-32-40(48-18-8-7-17-47(48)38-15-5-4-6-16-38)31-44(35-46)62-37-63(55-24-14-13-23-54(55)62)52-21-11-9-19-49(52)39-29-42(59)34-43(60)30-39/h4-36H,37H2,1-3H3. The summed E-state index contributed by atoms with van der Waals surface area (Å²) >= 11 is 0. The summed E-state index contributed by atoms with van der Waals surface area (Å²) in [6, 6.07) is 64.1. The topological polar surface area (TPSA) is 33.5 Å². The molecule has 11 rings (SSSR count). The van der Waals surface area contributed by atoms with E-state index in [1.54, 1.807) is 0 Å². The molecule has 5 nitrogen and oxygen atoms in total. The SMILES string of the molecule is CC(C)(C)c1ccnc(-n2c3ccccc3c3ccc(Oc4cc(-c5ccccc5-c5ccccc5)cc(N5CN(c6ccccc6-c6cc(F)cc(F)c6)c6ccccc65)c4)cc32)c1. The molecule has 1 aliphatic heterocycles. The van der Waals surface area contributed by atoms with Gasteiger partial charge in [-0.25, -0.2) is 13.8 Å². The number of anilines is 4. The molecule has 0 fully saturated rings. The summed E-state index contributed by atoms with van der Waals surface area (Å²) in [6.07, 6.45) is 1.90. The molecule has 0 atom stereocenters. The number of para-hydroxylation sites is 4. The van der Waals surface area contributed by atoms with E-state index in [2.05, 4.69) is 163 Å². The van der Waals surface area contributed by atoms with E-state index in [0.717, 1.165) is 84.3 Å². The van der Waals surface area contributed by atoms with Gasteiger partial charge < -0.3 is 14.5 Å². The van der Waals surface area contributed by atoms with Crippen molar-refractivity contribution in [1.82, 2.24) is 9.55 Å². The number of pyridine rings is 1. The quantitative estimate of drug-likeness (QED) is 0.152. The van der Waals surface area contributed by atoms with Gasteiger partial charge in [-0.3, -0.25) is 4.57 Å². The Morgan fingerprint density at radius 3 is 1.85 bits per heavy atom. The molecule has 7 heteroatoms. The fourth-order valence-electron chi connectivity index (χ4n) is 9.27. The number of ether oxygens (including phenoxy) is 1. The largest absolute Gasteiger partial charge is 0.457 e. The maximum absolute atomic E-state index is 14.7. The number of nitrogens with zero attached hydrogens (tertiary/aromatic N) is 4. The van der Waals surface area contributed by atoms with Crippen LogP contribution in [0.2, 0.25) is 0 Å². The van der Waals surface area contributed by atoms with E-state index in [1.807, 2.05) is 54.7 Å². The van der Waals surface area contributed by atoms with Crippen molar-refractivity contribution in [2.75, 3.05) is 16.5 Å². The van der Waals surface area contributed by atoms with E-state index < -0.39 is 11.6 Å². The lowest BCUT2D eigenvalue weighted by Crippen LogP contribution is -2.24. The molecule has 0 bridgehead atoms. The van der Waals surface area contributed by atoms with E-state index >= 15 is 0 Å². The van der Waals surface area contributed by atoms with Crippen LogP contribution in [0.4, 0.5) is 31.5 Å². The molecule has 0 amide bonds. The van der Waals surface area contributed by atoms with Gasteiger partial charge in [0, 0.05) is 46.4 Å². The van der Waals surface area contributed by atoms with Gasteiger partial charge in [-0.1, -0.05) is 124 Å². The molecule has 0 N–H and O–H groups in total. The highest BCUT2D eigenvalue weighted by Gasteiger charge is 2.30. The summed E-state index contributed by atoms with van der Waals surface area (Å²) in [4.78, 5) is 9.37. The molecule has 0 saturated heterocycles. The molecule has 0 radical (unpaired) electrons. The molecule has 0 aliphatic carbocycles. The number of rotatable bonds is 8. The van der Waals surface area contributed by atoms with Gasteiger partial charge in [-0.05, 0) is 112 Å². The van der Waals surface area contributed by atoms with Crippen LogP contribution in [0.25, 0.3) is 61.0 Å². The van der Waals surface area contributed by atoms with Crippen LogP contribution in [-0.4, -0.2) is 16.2 Å². The summed E-state index contributed by atoms with van der Waals surface area (Å²) in [5.41, 5.74) is 12.4. The van der Waals surface area contributed by atoms with Crippen molar-refractivity contribution in [3.63, 3.8) is 0 Å². The predicted octanol–water partition coefficient (Wildman–Crippen LogP) is 15.8. The van der Waals surface area contributed by atoms with E-state index in [1.165, 1.54) is 17.7 Å². The van der Waals surface area contributed by atoms with Crippen molar-refractivity contribution in [2.24, 2.45) is 0 Å². The van der Waals surface area contributed by atoms with Crippen molar-refractivity contribution in [1.29, 1.82) is 0 Å². The number of halogens is 2. The number of benzene rings is 8. The van der Waals surface area contributed by atoms with Gasteiger partial charge in [-0.2, -0.15) is 0 Å². The number of hydrogen-bond acceptors (Lipinski definition) is 4. The molecule has 8 aromatic carbocycles. The first-order valence-electron chi connectivity index (χ1n) is 21.8. The molecular weight excluding hydrogens is 807 g/mol. The van der Waals surface area contributed by atoms with Crippen LogP contribution in [0.3, 0.4) is 0 Å². The average Bonchev–Trinajstić information content (AvgIpc) is 3.87. The van der Waals surface area contributed by atoms with Crippen molar-refractivity contribution in [3.05, 3.63) is 218 Å². The van der Waals surface area contributed by atoms with Crippen molar-refractivity contribution in [3.8, 4) is 50.7 Å². The van der Waals surface area contributed by atoms with Crippen LogP contribution in [0.15, 0.2) is 200 Å². The lowest BCUT2D eigenvalue weighted by molar-refractivity contribution is 0.483. The third-order valence-corrected chi connectivity index (χ3v) is 12.4. The van der Waals surface area contributed by atoms with Gasteiger partial charge in [0.25, 0.3) is 0 Å². The van der Waals surface area contributed by atoms with Gasteiger partial charge in [0.05, 0.1) is 28.1 Å². The van der Waals surface area contributed by atoms with Gasteiger partial charge in [0.15, 0.2) is 0 Å². The number of fused-ring (bicyclic) bond motifs is 4. The Morgan fingerprint density at radius 1 is 0.477 bits per heavy atom. The Morgan fingerprint density at radius 2 is 1.09 bits per heavy atom. The second kappa shape index (κ2) is 16.0. The Balaban J connectivity index is 1.06. The summed E-state index contributed by atoms with van der Waals surface area (Å²) in [5.74, 6) is 0.967. The van der Waals surface area contributed by atoms with Crippen LogP contribution in [-0.2, 0) is 5.41 Å². The fourth-order valence-corrected chi connectivity index (χ4v) is 9.27. The second-order valence-electron chi connectivity index (χ2n) is 17.6. The summed E-state index contributed by atoms with van der Waals surface area (Å²) in [6.45, 7) is 7.09. The first-order chi connectivity index (χ1) is 31.7. The first-order valence-corrected chi connectivity index (χ1v) is 21.8.